The van der Waals surface area contributed by atoms with Crippen LogP contribution in [0.1, 0.15) is 21.5 Å². The van der Waals surface area contributed by atoms with Gasteiger partial charge < -0.3 is 19.5 Å². The number of nitrogens with one attached hydrogen (secondary N) is 1. The van der Waals surface area contributed by atoms with Crippen molar-refractivity contribution in [2.24, 2.45) is 0 Å². The monoisotopic (exact) mass is 360 g/mol. The third kappa shape index (κ3) is 3.85. The minimum atomic E-state index is -0.510. The lowest BCUT2D eigenvalue weighted by Crippen LogP contribution is -2.23. The van der Waals surface area contributed by atoms with Crippen molar-refractivity contribution < 1.29 is 23.9 Å². The number of carbonyl (C=O) groups is 1. The molecule has 0 bridgehead atoms. The van der Waals surface area contributed by atoms with Gasteiger partial charge in [0.25, 0.3) is 11.6 Å². The molecule has 0 spiro atoms. The molecule has 0 unspecified atom stereocenters. The van der Waals surface area contributed by atoms with Gasteiger partial charge in [0.15, 0.2) is 11.5 Å². The highest BCUT2D eigenvalue weighted by molar-refractivity contribution is 5.95. The molecule has 0 radical (unpaired) electrons. The summed E-state index contributed by atoms with van der Waals surface area (Å²) in [5.41, 5.74) is 1.29. The molecule has 0 saturated heterocycles. The number of nitro benzene ring substituents is 1. The average molecular weight is 360 g/mol. The minimum Gasteiger partial charge on any atom is -0.493 e. The Balaban J connectivity index is 2.22. The second kappa shape index (κ2) is 8.19. The summed E-state index contributed by atoms with van der Waals surface area (Å²) < 4.78 is 15.9. The van der Waals surface area contributed by atoms with Crippen LogP contribution in [0.3, 0.4) is 0 Å². The molecule has 0 saturated carbocycles. The van der Waals surface area contributed by atoms with Crippen LogP contribution in [0, 0.1) is 17.0 Å². The molecule has 2 aromatic rings. The molecule has 0 aliphatic heterocycles. The Labute approximate surface area is 150 Å². The quantitative estimate of drug-likeness (QED) is 0.602. The summed E-state index contributed by atoms with van der Waals surface area (Å²) in [4.78, 5) is 22.9. The van der Waals surface area contributed by atoms with Gasteiger partial charge in [0.05, 0.1) is 26.3 Å². The Morgan fingerprint density at radius 2 is 1.77 bits per heavy atom. The smallest absolute Gasteiger partial charge is 0.273 e. The van der Waals surface area contributed by atoms with Crippen LogP contribution in [0.2, 0.25) is 0 Å². The van der Waals surface area contributed by atoms with Crippen LogP contribution >= 0.6 is 0 Å². The molecular formula is C18H20N2O6. The molecule has 1 amide bonds. The Hall–Kier alpha value is -3.29. The zero-order chi connectivity index (χ0) is 19.3. The molecule has 0 heterocycles. The van der Waals surface area contributed by atoms with Crippen LogP contribution in [-0.4, -0.2) is 32.2 Å². The van der Waals surface area contributed by atoms with E-state index in [1.807, 2.05) is 0 Å². The maximum Gasteiger partial charge on any atom is 0.273 e. The highest BCUT2D eigenvalue weighted by atomic mass is 16.6. The van der Waals surface area contributed by atoms with Gasteiger partial charge >= 0.3 is 0 Å². The van der Waals surface area contributed by atoms with Crippen LogP contribution in [0.25, 0.3) is 0 Å². The summed E-state index contributed by atoms with van der Waals surface area (Å²) in [7, 11) is 4.50. The van der Waals surface area contributed by atoms with Gasteiger partial charge in [-0.2, -0.15) is 0 Å². The van der Waals surface area contributed by atoms with Crippen LogP contribution < -0.4 is 19.5 Å². The van der Waals surface area contributed by atoms with E-state index in [0.29, 0.717) is 28.4 Å². The summed E-state index contributed by atoms with van der Waals surface area (Å²) in [6.07, 6.45) is 0. The van der Waals surface area contributed by atoms with E-state index in [0.717, 1.165) is 0 Å². The number of nitrogens with zero attached hydrogens (tertiary/aromatic N) is 1. The Kier molecular flexibility index (Phi) is 6.00. The van der Waals surface area contributed by atoms with Crippen molar-refractivity contribution in [3.8, 4) is 17.2 Å². The first-order chi connectivity index (χ1) is 12.4. The second-order valence-corrected chi connectivity index (χ2v) is 5.43. The van der Waals surface area contributed by atoms with Gasteiger partial charge in [-0.15, -0.1) is 0 Å². The van der Waals surface area contributed by atoms with Gasteiger partial charge in [0.2, 0.25) is 5.75 Å². The highest BCUT2D eigenvalue weighted by Crippen LogP contribution is 2.39. The lowest BCUT2D eigenvalue weighted by Gasteiger charge is -2.16. The molecule has 0 aliphatic carbocycles. The maximum absolute atomic E-state index is 12.4. The van der Waals surface area contributed by atoms with Crippen LogP contribution in [0.15, 0.2) is 30.3 Å². The molecule has 0 aromatic heterocycles. The van der Waals surface area contributed by atoms with Crippen molar-refractivity contribution in [1.29, 1.82) is 0 Å². The van der Waals surface area contributed by atoms with Crippen LogP contribution in [0.4, 0.5) is 5.69 Å². The lowest BCUT2D eigenvalue weighted by atomic mass is 10.1. The predicted molar refractivity (Wildman–Crippen MR) is 95.1 cm³/mol. The van der Waals surface area contributed by atoms with Gasteiger partial charge in [0.1, 0.15) is 0 Å². The number of benzene rings is 2. The van der Waals surface area contributed by atoms with Gasteiger partial charge in [-0.3, -0.25) is 14.9 Å². The standard InChI is InChI=1S/C18H20N2O6/c1-11-5-6-12(9-14(11)20(22)23)18(21)19-10-13-7-8-15(24-2)17(26-4)16(13)25-3/h5-9H,10H2,1-4H3,(H,19,21). The molecule has 0 aliphatic rings. The minimum absolute atomic E-state index is 0.0960. The van der Waals surface area contributed by atoms with Gasteiger partial charge in [-0.25, -0.2) is 0 Å². The number of aryl methyl sites for hydroxylation is 1. The molecule has 138 valence electrons. The first kappa shape index (κ1) is 19.0. The summed E-state index contributed by atoms with van der Waals surface area (Å²) in [5.74, 6) is 0.952. The van der Waals surface area contributed by atoms with E-state index in [-0.39, 0.29) is 17.8 Å². The molecule has 1 N–H and O–H groups in total. The molecule has 8 nitrogen and oxygen atoms in total. The summed E-state index contributed by atoms with van der Waals surface area (Å²) in [6, 6.07) is 7.81. The van der Waals surface area contributed by atoms with Gasteiger partial charge in [-0.05, 0) is 25.1 Å². The molecule has 0 fully saturated rings. The molecule has 8 heteroatoms. The molecule has 2 aromatic carbocycles. The SMILES string of the molecule is COc1ccc(CNC(=O)c2ccc(C)c([N+](=O)[O-])c2)c(OC)c1OC. The maximum atomic E-state index is 12.4. The van der Waals surface area contributed by atoms with E-state index in [1.54, 1.807) is 31.2 Å². The summed E-state index contributed by atoms with van der Waals surface area (Å²) >= 11 is 0. The van der Waals surface area contributed by atoms with E-state index in [9.17, 15) is 14.9 Å². The van der Waals surface area contributed by atoms with Crippen LogP contribution in [-0.2, 0) is 6.54 Å². The predicted octanol–water partition coefficient (Wildman–Crippen LogP) is 2.86. The molecular weight excluding hydrogens is 340 g/mol. The third-order valence-corrected chi connectivity index (χ3v) is 3.89. The van der Waals surface area contributed by atoms with E-state index in [1.165, 1.54) is 27.4 Å². The van der Waals surface area contributed by atoms with Crippen molar-refractivity contribution in [3.05, 3.63) is 57.1 Å². The van der Waals surface area contributed by atoms with Crippen molar-refractivity contribution in [1.82, 2.24) is 5.32 Å². The fraction of sp³-hybridized carbons (Fsp3) is 0.278. The number of carbonyl (C=O) groups excluding carboxylic acids is 1. The van der Waals surface area contributed by atoms with E-state index < -0.39 is 10.8 Å². The Morgan fingerprint density at radius 3 is 2.35 bits per heavy atom. The first-order valence-electron chi connectivity index (χ1n) is 7.74. The summed E-state index contributed by atoms with van der Waals surface area (Å²) in [6.45, 7) is 1.78. The molecule has 2 rings (SSSR count). The van der Waals surface area contributed by atoms with Gasteiger partial charge in [-0.1, -0.05) is 6.07 Å². The van der Waals surface area contributed by atoms with E-state index in [2.05, 4.69) is 5.32 Å². The number of rotatable bonds is 7. The van der Waals surface area contributed by atoms with Gasteiger partial charge in [0, 0.05) is 29.3 Å². The van der Waals surface area contributed by atoms with Crippen molar-refractivity contribution >= 4 is 11.6 Å². The number of amides is 1. The number of methoxy groups -OCH3 is 3. The van der Waals surface area contributed by atoms with E-state index >= 15 is 0 Å². The fourth-order valence-corrected chi connectivity index (χ4v) is 2.53. The van der Waals surface area contributed by atoms with Crippen molar-refractivity contribution in [2.75, 3.05) is 21.3 Å². The van der Waals surface area contributed by atoms with E-state index in [4.69, 9.17) is 14.2 Å². The topological polar surface area (TPSA) is 99.9 Å². The number of nitro groups is 1. The summed E-state index contributed by atoms with van der Waals surface area (Å²) in [5, 5.41) is 13.7. The van der Waals surface area contributed by atoms with Crippen LogP contribution in [0.5, 0.6) is 17.2 Å². The normalized spacial score (nSPS) is 10.2. The Bertz CT molecular complexity index is 835. The lowest BCUT2D eigenvalue weighted by molar-refractivity contribution is -0.385. The molecule has 26 heavy (non-hydrogen) atoms. The third-order valence-electron chi connectivity index (χ3n) is 3.89. The fourth-order valence-electron chi connectivity index (χ4n) is 2.53. The number of hydrogen-bond acceptors (Lipinski definition) is 6. The first-order valence-corrected chi connectivity index (χ1v) is 7.74. The zero-order valence-corrected chi connectivity index (χ0v) is 15.0. The van der Waals surface area contributed by atoms with Crippen molar-refractivity contribution in [2.45, 2.75) is 13.5 Å². The molecule has 0 atom stereocenters. The number of ether oxygens (including phenoxy) is 3. The van der Waals surface area contributed by atoms with Crippen molar-refractivity contribution in [3.63, 3.8) is 0 Å². The number of hydrogen-bond donors (Lipinski definition) is 1. The Morgan fingerprint density at radius 1 is 1.08 bits per heavy atom. The largest absolute Gasteiger partial charge is 0.493 e. The zero-order valence-electron chi connectivity index (χ0n) is 15.0. The average Bonchev–Trinajstić information content (AvgIpc) is 2.65. The highest BCUT2D eigenvalue weighted by Gasteiger charge is 2.18. The second-order valence-electron chi connectivity index (χ2n) is 5.43.